The summed E-state index contributed by atoms with van der Waals surface area (Å²) in [4.78, 5) is 23.7. The van der Waals surface area contributed by atoms with Crippen LogP contribution in [-0.2, 0) is 14.3 Å². The highest BCUT2D eigenvalue weighted by Crippen LogP contribution is 2.18. The minimum atomic E-state index is -0.794. The van der Waals surface area contributed by atoms with Gasteiger partial charge >= 0.3 is 5.97 Å². The number of β-amino-alcohol motifs (C(OH)–C–C–N with tert-alkyl or cyclic N) is 1. The van der Waals surface area contributed by atoms with Crippen LogP contribution in [0.4, 0.5) is 0 Å². The first-order chi connectivity index (χ1) is 6.56. The Morgan fingerprint density at radius 2 is 2.14 bits per heavy atom. The zero-order valence-corrected chi connectivity index (χ0v) is 8.40. The molecule has 2 atom stereocenters. The Bertz CT molecular complexity index is 241. The Kier molecular flexibility index (Phi) is 3.46. The molecule has 0 aliphatic carbocycles. The fraction of sp³-hybridized carbons (Fsp3) is 0.778. The molecule has 1 amide bonds. The van der Waals surface area contributed by atoms with Crippen molar-refractivity contribution in [3.63, 3.8) is 0 Å². The van der Waals surface area contributed by atoms with Crippen molar-refractivity contribution in [2.24, 2.45) is 5.92 Å². The standard InChI is InChI=1S/C9H15NO4/c1-3-14-9(13)7-4-10(6(2)11)5-8(7)12/h7-8,12H,3-5H2,1-2H3/t7?,8-/m0/s1. The lowest BCUT2D eigenvalue weighted by molar-refractivity contribution is -0.150. The fourth-order valence-corrected chi connectivity index (χ4v) is 1.52. The third-order valence-electron chi connectivity index (χ3n) is 2.32. The van der Waals surface area contributed by atoms with E-state index in [0.717, 1.165) is 0 Å². The second kappa shape index (κ2) is 4.41. The fourth-order valence-electron chi connectivity index (χ4n) is 1.52. The molecule has 5 heteroatoms. The topological polar surface area (TPSA) is 66.8 Å². The number of amides is 1. The largest absolute Gasteiger partial charge is 0.466 e. The molecule has 0 spiro atoms. The zero-order valence-electron chi connectivity index (χ0n) is 8.40. The van der Waals surface area contributed by atoms with Gasteiger partial charge in [0.15, 0.2) is 0 Å². The van der Waals surface area contributed by atoms with Crippen LogP contribution < -0.4 is 0 Å². The van der Waals surface area contributed by atoms with Crippen LogP contribution in [0.2, 0.25) is 0 Å². The van der Waals surface area contributed by atoms with Crippen LogP contribution in [0.5, 0.6) is 0 Å². The van der Waals surface area contributed by atoms with Gasteiger partial charge in [-0.05, 0) is 6.92 Å². The predicted octanol–water partition coefficient (Wildman–Crippen LogP) is -0.611. The van der Waals surface area contributed by atoms with Gasteiger partial charge in [-0.1, -0.05) is 0 Å². The molecule has 1 N–H and O–H groups in total. The molecule has 1 aliphatic heterocycles. The van der Waals surface area contributed by atoms with E-state index in [1.165, 1.54) is 11.8 Å². The van der Waals surface area contributed by atoms with Crippen LogP contribution >= 0.6 is 0 Å². The second-order valence-electron chi connectivity index (χ2n) is 3.35. The number of carbonyl (C=O) groups excluding carboxylic acids is 2. The zero-order chi connectivity index (χ0) is 10.7. The summed E-state index contributed by atoms with van der Waals surface area (Å²) in [6, 6.07) is 0. The van der Waals surface area contributed by atoms with Gasteiger partial charge in [0.1, 0.15) is 5.92 Å². The number of ether oxygens (including phenoxy) is 1. The molecule has 1 fully saturated rings. The molecule has 1 saturated heterocycles. The number of esters is 1. The van der Waals surface area contributed by atoms with Gasteiger partial charge in [-0.3, -0.25) is 9.59 Å². The van der Waals surface area contributed by atoms with Gasteiger partial charge < -0.3 is 14.7 Å². The Morgan fingerprint density at radius 3 is 2.57 bits per heavy atom. The minimum Gasteiger partial charge on any atom is -0.466 e. The Hall–Kier alpha value is -1.10. The van der Waals surface area contributed by atoms with E-state index in [-0.39, 0.29) is 19.0 Å². The lowest BCUT2D eigenvalue weighted by Gasteiger charge is -2.12. The summed E-state index contributed by atoms with van der Waals surface area (Å²) in [5.41, 5.74) is 0. The normalized spacial score (nSPS) is 26.4. The summed E-state index contributed by atoms with van der Waals surface area (Å²) >= 11 is 0. The van der Waals surface area contributed by atoms with Crippen molar-refractivity contribution in [3.05, 3.63) is 0 Å². The number of aliphatic hydroxyl groups is 1. The summed E-state index contributed by atoms with van der Waals surface area (Å²) in [5.74, 6) is -1.14. The van der Waals surface area contributed by atoms with E-state index in [1.54, 1.807) is 6.92 Å². The van der Waals surface area contributed by atoms with Gasteiger partial charge in [0.2, 0.25) is 5.91 Å². The van der Waals surface area contributed by atoms with E-state index in [0.29, 0.717) is 6.61 Å². The van der Waals surface area contributed by atoms with Crippen molar-refractivity contribution < 1.29 is 19.4 Å². The number of hydrogen-bond donors (Lipinski definition) is 1. The molecule has 80 valence electrons. The highest BCUT2D eigenvalue weighted by atomic mass is 16.5. The van der Waals surface area contributed by atoms with Gasteiger partial charge in [-0.25, -0.2) is 0 Å². The molecular formula is C9H15NO4. The highest BCUT2D eigenvalue weighted by molar-refractivity contribution is 5.78. The third kappa shape index (κ3) is 2.23. The summed E-state index contributed by atoms with van der Waals surface area (Å²) in [7, 11) is 0. The van der Waals surface area contributed by atoms with Crippen LogP contribution in [0.25, 0.3) is 0 Å². The Labute approximate surface area is 82.6 Å². The number of hydrogen-bond acceptors (Lipinski definition) is 4. The molecule has 0 aromatic carbocycles. The number of likely N-dealkylation sites (tertiary alicyclic amines) is 1. The van der Waals surface area contributed by atoms with Gasteiger partial charge in [0.25, 0.3) is 0 Å². The maximum atomic E-state index is 11.3. The quantitative estimate of drug-likeness (QED) is 0.605. The van der Waals surface area contributed by atoms with E-state index in [2.05, 4.69) is 0 Å². The van der Waals surface area contributed by atoms with Crippen molar-refractivity contribution in [3.8, 4) is 0 Å². The van der Waals surface area contributed by atoms with Crippen LogP contribution in [0.1, 0.15) is 13.8 Å². The smallest absolute Gasteiger partial charge is 0.313 e. The van der Waals surface area contributed by atoms with E-state index < -0.39 is 18.0 Å². The average Bonchev–Trinajstić information content (AvgIpc) is 2.48. The molecule has 1 rings (SSSR count). The molecule has 1 aliphatic rings. The van der Waals surface area contributed by atoms with Gasteiger partial charge in [-0.2, -0.15) is 0 Å². The monoisotopic (exact) mass is 201 g/mol. The van der Waals surface area contributed by atoms with E-state index >= 15 is 0 Å². The molecule has 14 heavy (non-hydrogen) atoms. The Balaban J connectivity index is 2.56. The minimum absolute atomic E-state index is 0.129. The molecule has 0 bridgehead atoms. The van der Waals surface area contributed by atoms with Gasteiger partial charge in [0, 0.05) is 20.0 Å². The number of carbonyl (C=O) groups is 2. The van der Waals surface area contributed by atoms with Crippen molar-refractivity contribution in [2.45, 2.75) is 20.0 Å². The molecule has 5 nitrogen and oxygen atoms in total. The first kappa shape index (κ1) is 11.0. The first-order valence-corrected chi connectivity index (χ1v) is 4.66. The number of aliphatic hydroxyl groups excluding tert-OH is 1. The maximum absolute atomic E-state index is 11.3. The molecule has 1 heterocycles. The predicted molar refractivity (Wildman–Crippen MR) is 48.4 cm³/mol. The maximum Gasteiger partial charge on any atom is 0.313 e. The van der Waals surface area contributed by atoms with Gasteiger partial charge in [-0.15, -0.1) is 0 Å². The lowest BCUT2D eigenvalue weighted by Crippen LogP contribution is -2.28. The van der Waals surface area contributed by atoms with Crippen molar-refractivity contribution in [1.82, 2.24) is 4.90 Å². The molecule has 1 unspecified atom stereocenters. The Morgan fingerprint density at radius 1 is 1.50 bits per heavy atom. The van der Waals surface area contributed by atoms with E-state index in [1.807, 2.05) is 0 Å². The third-order valence-corrected chi connectivity index (χ3v) is 2.32. The first-order valence-electron chi connectivity index (χ1n) is 4.66. The summed E-state index contributed by atoms with van der Waals surface area (Å²) in [6.45, 7) is 3.90. The van der Waals surface area contributed by atoms with Crippen molar-refractivity contribution >= 4 is 11.9 Å². The van der Waals surface area contributed by atoms with Crippen LogP contribution in [0, 0.1) is 5.92 Å². The summed E-state index contributed by atoms with van der Waals surface area (Å²) in [5, 5.41) is 9.51. The number of nitrogens with zero attached hydrogens (tertiary/aromatic N) is 1. The SMILES string of the molecule is CCOC(=O)C1CN(C(C)=O)C[C@@H]1O. The van der Waals surface area contributed by atoms with Crippen molar-refractivity contribution in [1.29, 1.82) is 0 Å². The van der Waals surface area contributed by atoms with Crippen LogP contribution in [0.3, 0.4) is 0 Å². The molecule has 0 radical (unpaired) electrons. The molecular weight excluding hydrogens is 186 g/mol. The van der Waals surface area contributed by atoms with Crippen molar-refractivity contribution in [2.75, 3.05) is 19.7 Å². The highest BCUT2D eigenvalue weighted by Gasteiger charge is 2.38. The van der Waals surface area contributed by atoms with E-state index in [9.17, 15) is 14.7 Å². The lowest BCUT2D eigenvalue weighted by atomic mass is 10.1. The van der Waals surface area contributed by atoms with Crippen LogP contribution in [-0.4, -0.2) is 47.7 Å². The number of rotatable bonds is 2. The molecule has 0 saturated carbocycles. The van der Waals surface area contributed by atoms with Gasteiger partial charge in [0.05, 0.1) is 12.7 Å². The summed E-state index contributed by atoms with van der Waals surface area (Å²) < 4.78 is 4.79. The molecule has 0 aromatic heterocycles. The van der Waals surface area contributed by atoms with Crippen LogP contribution in [0.15, 0.2) is 0 Å². The summed E-state index contributed by atoms with van der Waals surface area (Å²) in [6.07, 6.45) is -0.794. The van der Waals surface area contributed by atoms with E-state index in [4.69, 9.17) is 4.74 Å². The molecule has 0 aromatic rings. The second-order valence-corrected chi connectivity index (χ2v) is 3.35. The average molecular weight is 201 g/mol.